The van der Waals surface area contributed by atoms with Gasteiger partial charge in [0.15, 0.2) is 0 Å². The first-order valence-corrected chi connectivity index (χ1v) is 5.35. The second-order valence-corrected chi connectivity index (χ2v) is 3.73. The predicted molar refractivity (Wildman–Crippen MR) is 59.7 cm³/mol. The molecule has 0 fully saturated rings. The second kappa shape index (κ2) is 4.88. The van der Waals surface area contributed by atoms with Crippen LogP contribution < -0.4 is 14.8 Å². The maximum atomic E-state index is 10.5. The molecule has 1 aliphatic heterocycles. The van der Waals surface area contributed by atoms with Crippen LogP contribution in [0.1, 0.15) is 24.4 Å². The Morgan fingerprint density at radius 2 is 2.44 bits per heavy atom. The topological polar surface area (TPSA) is 47.6 Å². The van der Waals surface area contributed by atoms with Crippen LogP contribution in [0.25, 0.3) is 0 Å². The van der Waals surface area contributed by atoms with Gasteiger partial charge in [-0.05, 0) is 25.0 Å². The van der Waals surface area contributed by atoms with Crippen LogP contribution in [-0.2, 0) is 4.79 Å². The van der Waals surface area contributed by atoms with Gasteiger partial charge in [0.25, 0.3) is 0 Å². The highest BCUT2D eigenvalue weighted by molar-refractivity contribution is 5.50. The number of methoxy groups -OCH3 is 1. The van der Waals surface area contributed by atoms with E-state index in [0.717, 1.165) is 36.3 Å². The van der Waals surface area contributed by atoms with E-state index >= 15 is 0 Å². The summed E-state index contributed by atoms with van der Waals surface area (Å²) in [5.74, 6) is 1.57. The summed E-state index contributed by atoms with van der Waals surface area (Å²) in [5, 5.41) is 2.82. The summed E-state index contributed by atoms with van der Waals surface area (Å²) in [6.45, 7) is 0.678. The molecule has 2 rings (SSSR count). The zero-order valence-corrected chi connectivity index (χ0v) is 9.23. The van der Waals surface area contributed by atoms with Gasteiger partial charge in [-0.2, -0.15) is 0 Å². The summed E-state index contributed by atoms with van der Waals surface area (Å²) in [5.41, 5.74) is 1.02. The van der Waals surface area contributed by atoms with E-state index in [1.54, 1.807) is 7.11 Å². The Morgan fingerprint density at radius 1 is 1.56 bits per heavy atom. The number of hydrogen-bond acceptors (Lipinski definition) is 3. The molecule has 0 radical (unpaired) electrons. The second-order valence-electron chi connectivity index (χ2n) is 3.73. The number of carbonyl (C=O) groups excluding carboxylic acids is 1. The fraction of sp³-hybridized carbons (Fsp3) is 0.417. The molecule has 0 aromatic heterocycles. The molecule has 1 unspecified atom stereocenters. The molecule has 16 heavy (non-hydrogen) atoms. The van der Waals surface area contributed by atoms with Crippen molar-refractivity contribution >= 4 is 6.41 Å². The molecule has 1 aromatic carbocycles. The van der Waals surface area contributed by atoms with Crippen LogP contribution in [0.4, 0.5) is 0 Å². The summed E-state index contributed by atoms with van der Waals surface area (Å²) in [6, 6.07) is 5.73. The SMILES string of the molecule is COc1ccc2c(c1)OCCCC2NC=O. The van der Waals surface area contributed by atoms with E-state index in [4.69, 9.17) is 9.47 Å². The minimum Gasteiger partial charge on any atom is -0.497 e. The Bertz CT molecular complexity index is 379. The number of carbonyl (C=O) groups is 1. The lowest BCUT2D eigenvalue weighted by Crippen LogP contribution is -2.18. The quantitative estimate of drug-likeness (QED) is 0.789. The Kier molecular flexibility index (Phi) is 3.29. The van der Waals surface area contributed by atoms with Gasteiger partial charge >= 0.3 is 0 Å². The fourth-order valence-electron chi connectivity index (χ4n) is 1.93. The average Bonchev–Trinajstić information content (AvgIpc) is 2.52. The van der Waals surface area contributed by atoms with Crippen molar-refractivity contribution in [2.45, 2.75) is 18.9 Å². The van der Waals surface area contributed by atoms with Crippen LogP contribution in [-0.4, -0.2) is 20.1 Å². The lowest BCUT2D eigenvalue weighted by molar-refractivity contribution is -0.110. The van der Waals surface area contributed by atoms with Crippen molar-refractivity contribution in [1.82, 2.24) is 5.32 Å². The fourth-order valence-corrected chi connectivity index (χ4v) is 1.93. The van der Waals surface area contributed by atoms with Gasteiger partial charge in [0.2, 0.25) is 6.41 Å². The first-order valence-electron chi connectivity index (χ1n) is 5.35. The van der Waals surface area contributed by atoms with Crippen molar-refractivity contribution in [2.24, 2.45) is 0 Å². The molecule has 1 aliphatic rings. The van der Waals surface area contributed by atoms with Crippen molar-refractivity contribution < 1.29 is 14.3 Å². The van der Waals surface area contributed by atoms with Crippen LogP contribution >= 0.6 is 0 Å². The zero-order valence-electron chi connectivity index (χ0n) is 9.23. The predicted octanol–water partition coefficient (Wildman–Crippen LogP) is 1.65. The van der Waals surface area contributed by atoms with Crippen LogP contribution in [0, 0.1) is 0 Å². The van der Waals surface area contributed by atoms with E-state index in [1.807, 2.05) is 18.2 Å². The van der Waals surface area contributed by atoms with E-state index in [9.17, 15) is 4.79 Å². The summed E-state index contributed by atoms with van der Waals surface area (Å²) in [6.07, 6.45) is 2.57. The monoisotopic (exact) mass is 221 g/mol. The molecule has 4 heteroatoms. The van der Waals surface area contributed by atoms with Crippen LogP contribution in [0.15, 0.2) is 18.2 Å². The lowest BCUT2D eigenvalue weighted by atomic mass is 10.0. The van der Waals surface area contributed by atoms with Gasteiger partial charge in [0, 0.05) is 11.6 Å². The van der Waals surface area contributed by atoms with Gasteiger partial charge in [-0.15, -0.1) is 0 Å². The van der Waals surface area contributed by atoms with Crippen molar-refractivity contribution in [2.75, 3.05) is 13.7 Å². The number of benzene rings is 1. The highest BCUT2D eigenvalue weighted by Crippen LogP contribution is 2.33. The summed E-state index contributed by atoms with van der Waals surface area (Å²) < 4.78 is 10.8. The van der Waals surface area contributed by atoms with Gasteiger partial charge in [-0.25, -0.2) is 0 Å². The van der Waals surface area contributed by atoms with Gasteiger partial charge in [0.1, 0.15) is 11.5 Å². The minimum absolute atomic E-state index is 0.0425. The third kappa shape index (κ3) is 2.10. The van der Waals surface area contributed by atoms with E-state index in [0.29, 0.717) is 6.61 Å². The minimum atomic E-state index is 0.0425. The molecule has 0 saturated heterocycles. The summed E-state index contributed by atoms with van der Waals surface area (Å²) in [7, 11) is 1.62. The zero-order chi connectivity index (χ0) is 11.4. The van der Waals surface area contributed by atoms with Gasteiger partial charge in [-0.1, -0.05) is 0 Å². The molecule has 4 nitrogen and oxygen atoms in total. The Morgan fingerprint density at radius 3 is 3.19 bits per heavy atom. The molecule has 1 heterocycles. The van der Waals surface area contributed by atoms with E-state index in [2.05, 4.69) is 5.32 Å². The molecule has 1 N–H and O–H groups in total. The molecule has 1 aromatic rings. The number of ether oxygens (including phenoxy) is 2. The number of nitrogens with one attached hydrogen (secondary N) is 1. The molecule has 0 aliphatic carbocycles. The van der Waals surface area contributed by atoms with E-state index < -0.39 is 0 Å². The molecule has 0 saturated carbocycles. The maximum Gasteiger partial charge on any atom is 0.207 e. The van der Waals surface area contributed by atoms with E-state index in [1.165, 1.54) is 0 Å². The number of rotatable bonds is 3. The van der Waals surface area contributed by atoms with Crippen LogP contribution in [0.2, 0.25) is 0 Å². The lowest BCUT2D eigenvalue weighted by Gasteiger charge is -2.16. The molecule has 86 valence electrons. The molecule has 1 atom stereocenters. The number of hydrogen-bond donors (Lipinski definition) is 1. The van der Waals surface area contributed by atoms with Crippen molar-refractivity contribution in [1.29, 1.82) is 0 Å². The van der Waals surface area contributed by atoms with Gasteiger partial charge < -0.3 is 14.8 Å². The van der Waals surface area contributed by atoms with Gasteiger partial charge in [0.05, 0.1) is 19.8 Å². The third-order valence-electron chi connectivity index (χ3n) is 2.76. The van der Waals surface area contributed by atoms with Crippen molar-refractivity contribution in [3.63, 3.8) is 0 Å². The molecular weight excluding hydrogens is 206 g/mol. The molecular formula is C12H15NO3. The highest BCUT2D eigenvalue weighted by atomic mass is 16.5. The van der Waals surface area contributed by atoms with Crippen LogP contribution in [0.5, 0.6) is 11.5 Å². The van der Waals surface area contributed by atoms with Crippen LogP contribution in [0.3, 0.4) is 0 Å². The Hall–Kier alpha value is -1.71. The standard InChI is InChI=1S/C12H15NO3/c1-15-9-4-5-10-11(13-8-14)3-2-6-16-12(10)7-9/h4-5,7-8,11H,2-3,6H2,1H3,(H,13,14). The summed E-state index contributed by atoms with van der Waals surface area (Å²) in [4.78, 5) is 10.5. The average molecular weight is 221 g/mol. The Labute approximate surface area is 94.6 Å². The molecule has 1 amide bonds. The third-order valence-corrected chi connectivity index (χ3v) is 2.76. The largest absolute Gasteiger partial charge is 0.497 e. The smallest absolute Gasteiger partial charge is 0.207 e. The van der Waals surface area contributed by atoms with E-state index in [-0.39, 0.29) is 6.04 Å². The number of fused-ring (bicyclic) bond motifs is 1. The first kappa shape index (κ1) is 10.8. The first-order chi connectivity index (χ1) is 7.85. The highest BCUT2D eigenvalue weighted by Gasteiger charge is 2.19. The molecule has 0 spiro atoms. The summed E-state index contributed by atoms with van der Waals surface area (Å²) >= 11 is 0. The normalized spacial score (nSPS) is 18.9. The van der Waals surface area contributed by atoms with Crippen molar-refractivity contribution in [3.05, 3.63) is 23.8 Å². The Balaban J connectivity index is 2.34. The molecule has 0 bridgehead atoms. The maximum absolute atomic E-state index is 10.5. The van der Waals surface area contributed by atoms with Crippen molar-refractivity contribution in [3.8, 4) is 11.5 Å². The number of amides is 1. The van der Waals surface area contributed by atoms with Gasteiger partial charge in [-0.3, -0.25) is 4.79 Å².